The van der Waals surface area contributed by atoms with E-state index in [0.717, 1.165) is 58.0 Å². The van der Waals surface area contributed by atoms with Gasteiger partial charge in [0.2, 0.25) is 0 Å². The smallest absolute Gasteiger partial charge is 0.338 e. The van der Waals surface area contributed by atoms with Gasteiger partial charge >= 0.3 is 5.97 Å². The fourth-order valence-electron chi connectivity index (χ4n) is 9.70. The molecule has 4 aliphatic carbocycles. The molecule has 1 heterocycles. The van der Waals surface area contributed by atoms with Crippen LogP contribution >= 0.6 is 0 Å². The van der Waals surface area contributed by atoms with Crippen LogP contribution in [0.2, 0.25) is 0 Å². The van der Waals surface area contributed by atoms with Gasteiger partial charge in [-0.1, -0.05) is 32.0 Å². The van der Waals surface area contributed by atoms with Crippen molar-refractivity contribution < 1.29 is 28.6 Å². The molecule has 39 heavy (non-hydrogen) atoms. The van der Waals surface area contributed by atoms with Crippen LogP contribution in [-0.4, -0.2) is 42.6 Å². The predicted octanol–water partition coefficient (Wildman–Crippen LogP) is 6.16. The van der Waals surface area contributed by atoms with Gasteiger partial charge in [0.15, 0.2) is 6.29 Å². The van der Waals surface area contributed by atoms with Gasteiger partial charge in [-0.2, -0.15) is 0 Å². The quantitative estimate of drug-likeness (QED) is 0.331. The number of fused-ring (bicyclic) bond motifs is 5. The van der Waals surface area contributed by atoms with E-state index in [-0.39, 0.29) is 70.7 Å². The molecule has 6 nitrogen and oxygen atoms in total. The summed E-state index contributed by atoms with van der Waals surface area (Å²) in [5.74, 6) is 1.01. The average molecular weight is 537 g/mol. The zero-order chi connectivity index (χ0) is 27.4. The summed E-state index contributed by atoms with van der Waals surface area (Å²) in [5, 5.41) is 0. The minimum atomic E-state index is -0.334. The number of hydrogen-bond donors (Lipinski definition) is 0. The number of rotatable bonds is 5. The topological polar surface area (TPSA) is 78.9 Å². The molecular formula is C33H44O6. The third-order valence-electron chi connectivity index (χ3n) is 11.8. The molecule has 0 N–H and O–H groups in total. The van der Waals surface area contributed by atoms with E-state index in [1.165, 1.54) is 0 Å². The van der Waals surface area contributed by atoms with Crippen molar-refractivity contribution in [2.75, 3.05) is 6.61 Å². The summed E-state index contributed by atoms with van der Waals surface area (Å²) < 4.78 is 19.3. The SMILES string of the molecule is CC(=O)[C@H]1CC[C@H]2[C@@H]3[C@H](OC(=O)c4ccccc4)C[C@@H]4CC(=O)CC[C@]4(C)[C@H]3C[C@H](O[C@@H]3CCCCO3)[C@]12C. The Kier molecular flexibility index (Phi) is 7.24. The molecule has 4 saturated carbocycles. The molecule has 1 aromatic rings. The fraction of sp³-hybridized carbons (Fsp3) is 0.727. The highest BCUT2D eigenvalue weighted by Gasteiger charge is 2.67. The number of ketones is 2. The minimum absolute atomic E-state index is 0.0150. The zero-order valence-corrected chi connectivity index (χ0v) is 23.7. The Morgan fingerprint density at radius 1 is 1.00 bits per heavy atom. The molecule has 0 bridgehead atoms. The summed E-state index contributed by atoms with van der Waals surface area (Å²) >= 11 is 0. The molecule has 0 amide bonds. The van der Waals surface area contributed by atoms with Gasteiger partial charge in [0.25, 0.3) is 0 Å². The van der Waals surface area contributed by atoms with E-state index in [2.05, 4.69) is 13.8 Å². The van der Waals surface area contributed by atoms with E-state index in [9.17, 15) is 14.4 Å². The molecule has 5 aliphatic rings. The lowest BCUT2D eigenvalue weighted by molar-refractivity contribution is -0.261. The van der Waals surface area contributed by atoms with E-state index in [1.54, 1.807) is 19.1 Å². The van der Waals surface area contributed by atoms with Crippen LogP contribution in [0.15, 0.2) is 30.3 Å². The van der Waals surface area contributed by atoms with Crippen LogP contribution in [0, 0.1) is 40.4 Å². The van der Waals surface area contributed by atoms with Crippen molar-refractivity contribution in [1.29, 1.82) is 0 Å². The molecule has 0 aromatic heterocycles. The Labute approximate surface area is 232 Å². The number of benzene rings is 1. The Balaban J connectivity index is 1.38. The number of ether oxygens (including phenoxy) is 3. The summed E-state index contributed by atoms with van der Waals surface area (Å²) in [5.41, 5.74) is 0.210. The fourth-order valence-corrected chi connectivity index (χ4v) is 9.70. The van der Waals surface area contributed by atoms with Gasteiger partial charge in [0, 0.05) is 36.7 Å². The van der Waals surface area contributed by atoms with Gasteiger partial charge in [-0.3, -0.25) is 9.59 Å². The molecule has 10 atom stereocenters. The van der Waals surface area contributed by atoms with Gasteiger partial charge in [-0.05, 0) is 93.6 Å². The highest BCUT2D eigenvalue weighted by molar-refractivity contribution is 5.89. The van der Waals surface area contributed by atoms with E-state index in [1.807, 2.05) is 18.2 Å². The average Bonchev–Trinajstić information content (AvgIpc) is 3.29. The van der Waals surface area contributed by atoms with E-state index in [0.29, 0.717) is 24.2 Å². The van der Waals surface area contributed by atoms with Crippen molar-refractivity contribution in [2.45, 2.75) is 103 Å². The molecule has 5 fully saturated rings. The molecule has 6 rings (SSSR count). The second kappa shape index (κ2) is 10.4. The molecule has 0 spiro atoms. The highest BCUT2D eigenvalue weighted by Crippen LogP contribution is 2.68. The minimum Gasteiger partial charge on any atom is -0.458 e. The van der Waals surface area contributed by atoms with Crippen molar-refractivity contribution >= 4 is 17.5 Å². The Hall–Kier alpha value is -2.05. The molecule has 1 saturated heterocycles. The number of Topliss-reactive ketones (excluding diaryl/α,β-unsaturated/α-hetero) is 2. The lowest BCUT2D eigenvalue weighted by atomic mass is 9.43. The Morgan fingerprint density at radius 2 is 1.79 bits per heavy atom. The predicted molar refractivity (Wildman–Crippen MR) is 146 cm³/mol. The summed E-state index contributed by atoms with van der Waals surface area (Å²) in [6.45, 7) is 7.11. The van der Waals surface area contributed by atoms with Crippen molar-refractivity contribution in [3.05, 3.63) is 35.9 Å². The van der Waals surface area contributed by atoms with Gasteiger partial charge in [-0.15, -0.1) is 0 Å². The molecule has 0 radical (unpaired) electrons. The first-order valence-electron chi connectivity index (χ1n) is 15.3. The maximum atomic E-state index is 13.4. The third kappa shape index (κ3) is 4.60. The highest BCUT2D eigenvalue weighted by atomic mass is 16.7. The number of carbonyl (C=O) groups excluding carboxylic acids is 3. The van der Waals surface area contributed by atoms with Crippen LogP contribution in [0.3, 0.4) is 0 Å². The largest absolute Gasteiger partial charge is 0.458 e. The van der Waals surface area contributed by atoms with Crippen LogP contribution in [0.4, 0.5) is 0 Å². The van der Waals surface area contributed by atoms with Crippen LogP contribution < -0.4 is 0 Å². The van der Waals surface area contributed by atoms with E-state index < -0.39 is 0 Å². The number of hydrogen-bond acceptors (Lipinski definition) is 6. The molecule has 1 aromatic carbocycles. The number of carbonyl (C=O) groups is 3. The van der Waals surface area contributed by atoms with Crippen molar-refractivity contribution in [3.63, 3.8) is 0 Å². The lowest BCUT2D eigenvalue weighted by Crippen LogP contribution is -2.63. The summed E-state index contributed by atoms with van der Waals surface area (Å²) in [6, 6.07) is 9.22. The molecular weight excluding hydrogens is 492 g/mol. The first-order chi connectivity index (χ1) is 18.7. The van der Waals surface area contributed by atoms with Crippen LogP contribution in [-0.2, 0) is 23.8 Å². The maximum Gasteiger partial charge on any atom is 0.338 e. The Morgan fingerprint density at radius 3 is 2.51 bits per heavy atom. The molecule has 212 valence electrons. The van der Waals surface area contributed by atoms with Crippen LogP contribution in [0.1, 0.15) is 95.3 Å². The first kappa shape index (κ1) is 27.1. The van der Waals surface area contributed by atoms with Gasteiger partial charge < -0.3 is 14.2 Å². The van der Waals surface area contributed by atoms with E-state index in [4.69, 9.17) is 14.2 Å². The van der Waals surface area contributed by atoms with Gasteiger partial charge in [0.1, 0.15) is 17.7 Å². The summed E-state index contributed by atoms with van der Waals surface area (Å²) in [6.07, 6.45) is 7.85. The van der Waals surface area contributed by atoms with Gasteiger partial charge in [0.05, 0.1) is 11.7 Å². The first-order valence-corrected chi connectivity index (χ1v) is 15.3. The molecule has 0 unspecified atom stereocenters. The monoisotopic (exact) mass is 536 g/mol. The van der Waals surface area contributed by atoms with Crippen LogP contribution in [0.25, 0.3) is 0 Å². The van der Waals surface area contributed by atoms with E-state index >= 15 is 0 Å². The normalized spacial score (nSPS) is 43.6. The van der Waals surface area contributed by atoms with Crippen LogP contribution in [0.5, 0.6) is 0 Å². The second-order valence-corrected chi connectivity index (χ2v) is 13.5. The molecule has 6 heteroatoms. The number of esters is 1. The summed E-state index contributed by atoms with van der Waals surface area (Å²) in [7, 11) is 0. The maximum absolute atomic E-state index is 13.4. The van der Waals surface area contributed by atoms with Crippen molar-refractivity contribution in [3.8, 4) is 0 Å². The summed E-state index contributed by atoms with van der Waals surface area (Å²) in [4.78, 5) is 39.1. The van der Waals surface area contributed by atoms with Crippen molar-refractivity contribution in [1.82, 2.24) is 0 Å². The third-order valence-corrected chi connectivity index (χ3v) is 11.8. The lowest BCUT2D eigenvalue weighted by Gasteiger charge is -2.63. The van der Waals surface area contributed by atoms with Crippen molar-refractivity contribution in [2.24, 2.45) is 40.4 Å². The standard InChI is InChI=1S/C33H44O6/c1-20(34)24-12-13-25-30-26(19-28(33(24,25)3)39-29-11-7-8-16-37-29)32(2)15-14-23(35)17-22(32)18-27(30)38-31(36)21-9-5-4-6-10-21/h4-6,9-10,22,24-30H,7-8,11-19H2,1-3H3/t22-,24+,25-,26-,27+,28-,29+,30-,32-,33+/m0/s1. The Bertz CT molecular complexity index is 1090. The van der Waals surface area contributed by atoms with Gasteiger partial charge in [-0.25, -0.2) is 4.79 Å². The zero-order valence-electron chi connectivity index (χ0n) is 23.7. The molecule has 1 aliphatic heterocycles. The second-order valence-electron chi connectivity index (χ2n) is 13.5.